The van der Waals surface area contributed by atoms with Crippen LogP contribution in [-0.4, -0.2) is 25.0 Å². The first kappa shape index (κ1) is 16.1. The zero-order chi connectivity index (χ0) is 14.8. The molecule has 108 valence electrons. The van der Waals surface area contributed by atoms with Crippen molar-refractivity contribution in [2.75, 3.05) is 0 Å². The predicted molar refractivity (Wildman–Crippen MR) is 75.1 cm³/mol. The molecule has 0 aliphatic carbocycles. The second kappa shape index (κ2) is 5.60. The van der Waals surface area contributed by atoms with Crippen molar-refractivity contribution < 1.29 is 18.3 Å². The summed E-state index contributed by atoms with van der Waals surface area (Å²) in [5, 5.41) is 9.28. The second-order valence-electron chi connectivity index (χ2n) is 4.48. The average molecular weight is 305 g/mol. The molecule has 0 spiro atoms. The topological polar surface area (TPSA) is 83.5 Å². The molecule has 7 heteroatoms. The molecule has 0 radical (unpaired) electrons. The summed E-state index contributed by atoms with van der Waals surface area (Å²) in [7, 11) is -3.82. The Bertz CT molecular complexity index is 571. The zero-order valence-electron chi connectivity index (χ0n) is 11.5. The van der Waals surface area contributed by atoms with Crippen molar-refractivity contribution in [2.45, 2.75) is 51.0 Å². The number of aliphatic carboxylic acids is 1. The Labute approximate surface area is 117 Å². The number of aryl methyl sites for hydroxylation is 2. The van der Waals surface area contributed by atoms with E-state index in [0.29, 0.717) is 4.88 Å². The van der Waals surface area contributed by atoms with Gasteiger partial charge in [-0.3, -0.25) is 4.79 Å². The van der Waals surface area contributed by atoms with Gasteiger partial charge in [0.15, 0.2) is 0 Å². The number of rotatable bonds is 6. The van der Waals surface area contributed by atoms with Gasteiger partial charge in [0.25, 0.3) is 0 Å². The SMILES string of the molecule is CCC(CC)(NS(=O)(=O)c1cc(C)sc1C)C(=O)O. The Morgan fingerprint density at radius 2 is 1.89 bits per heavy atom. The molecule has 5 nitrogen and oxygen atoms in total. The van der Waals surface area contributed by atoms with Gasteiger partial charge >= 0.3 is 5.97 Å². The predicted octanol–water partition coefficient (Wildman–Crippen LogP) is 2.29. The molecule has 1 aromatic heterocycles. The number of hydrogen-bond donors (Lipinski definition) is 2. The van der Waals surface area contributed by atoms with Crippen molar-refractivity contribution in [3.63, 3.8) is 0 Å². The van der Waals surface area contributed by atoms with Crippen LogP contribution in [0.5, 0.6) is 0 Å². The maximum atomic E-state index is 12.3. The summed E-state index contributed by atoms with van der Waals surface area (Å²) in [4.78, 5) is 13.1. The summed E-state index contributed by atoms with van der Waals surface area (Å²) in [6, 6.07) is 1.57. The summed E-state index contributed by atoms with van der Waals surface area (Å²) in [6.07, 6.45) is 0.389. The second-order valence-corrected chi connectivity index (χ2v) is 7.59. The van der Waals surface area contributed by atoms with Crippen molar-refractivity contribution in [1.82, 2.24) is 4.72 Å². The molecule has 1 heterocycles. The molecule has 2 N–H and O–H groups in total. The lowest BCUT2D eigenvalue weighted by Gasteiger charge is -2.27. The molecule has 0 aromatic carbocycles. The fourth-order valence-corrected chi connectivity index (χ4v) is 4.99. The van der Waals surface area contributed by atoms with Crippen molar-refractivity contribution in [1.29, 1.82) is 0 Å². The smallest absolute Gasteiger partial charge is 0.324 e. The summed E-state index contributed by atoms with van der Waals surface area (Å²) < 4.78 is 27.0. The zero-order valence-corrected chi connectivity index (χ0v) is 13.1. The van der Waals surface area contributed by atoms with Gasteiger partial charge in [-0.05, 0) is 32.8 Å². The van der Waals surface area contributed by atoms with Gasteiger partial charge in [0, 0.05) is 9.75 Å². The fraction of sp³-hybridized carbons (Fsp3) is 0.583. The van der Waals surface area contributed by atoms with Crippen LogP contribution >= 0.6 is 11.3 Å². The van der Waals surface area contributed by atoms with Crippen LogP contribution in [0.4, 0.5) is 0 Å². The van der Waals surface area contributed by atoms with E-state index in [0.717, 1.165) is 4.88 Å². The fourth-order valence-electron chi connectivity index (χ4n) is 1.93. The molecular formula is C12H19NO4S2. The first-order valence-corrected chi connectivity index (χ1v) is 8.33. The van der Waals surface area contributed by atoms with Gasteiger partial charge in [-0.1, -0.05) is 13.8 Å². The standard InChI is InChI=1S/C12H19NO4S2/c1-5-12(6-2,11(14)15)13-19(16,17)10-7-8(3)18-9(10)4/h7,13H,5-6H2,1-4H3,(H,14,15). The van der Waals surface area contributed by atoms with E-state index in [1.165, 1.54) is 11.3 Å². The van der Waals surface area contributed by atoms with Crippen molar-refractivity contribution in [3.05, 3.63) is 15.8 Å². The third-order valence-corrected chi connectivity index (χ3v) is 5.99. The quantitative estimate of drug-likeness (QED) is 0.844. The number of sulfonamides is 1. The number of carbonyl (C=O) groups is 1. The van der Waals surface area contributed by atoms with E-state index in [1.807, 2.05) is 6.92 Å². The Morgan fingerprint density at radius 1 is 1.37 bits per heavy atom. The average Bonchev–Trinajstić information content (AvgIpc) is 2.66. The Balaban J connectivity index is 3.22. The molecule has 0 saturated heterocycles. The van der Waals surface area contributed by atoms with E-state index in [2.05, 4.69) is 4.72 Å². The molecule has 0 bridgehead atoms. The first-order valence-electron chi connectivity index (χ1n) is 6.03. The maximum absolute atomic E-state index is 12.3. The van der Waals surface area contributed by atoms with Crippen molar-refractivity contribution in [2.24, 2.45) is 0 Å². The van der Waals surface area contributed by atoms with E-state index in [1.54, 1.807) is 26.8 Å². The normalized spacial score (nSPS) is 12.6. The van der Waals surface area contributed by atoms with E-state index in [-0.39, 0.29) is 17.7 Å². The third kappa shape index (κ3) is 3.16. The summed E-state index contributed by atoms with van der Waals surface area (Å²) in [6.45, 7) is 6.85. The van der Waals surface area contributed by atoms with Crippen LogP contribution < -0.4 is 4.72 Å². The van der Waals surface area contributed by atoms with Crippen LogP contribution in [0, 0.1) is 13.8 Å². The number of carboxylic acids is 1. The Morgan fingerprint density at radius 3 is 2.21 bits per heavy atom. The van der Waals surface area contributed by atoms with Crippen LogP contribution in [-0.2, 0) is 14.8 Å². The largest absolute Gasteiger partial charge is 0.480 e. The van der Waals surface area contributed by atoms with Gasteiger partial charge in [-0.25, -0.2) is 8.42 Å². The Hall–Kier alpha value is -0.920. The van der Waals surface area contributed by atoms with E-state index >= 15 is 0 Å². The molecule has 1 aromatic rings. The minimum absolute atomic E-state index is 0.169. The van der Waals surface area contributed by atoms with E-state index < -0.39 is 21.5 Å². The van der Waals surface area contributed by atoms with E-state index in [4.69, 9.17) is 0 Å². The molecule has 0 fully saturated rings. The lowest BCUT2D eigenvalue weighted by Crippen LogP contribution is -2.53. The molecule has 1 rings (SSSR count). The van der Waals surface area contributed by atoms with Gasteiger partial charge in [-0.15, -0.1) is 11.3 Å². The highest BCUT2D eigenvalue weighted by atomic mass is 32.2. The summed E-state index contributed by atoms with van der Waals surface area (Å²) in [5.74, 6) is -1.15. The maximum Gasteiger partial charge on any atom is 0.324 e. The van der Waals surface area contributed by atoms with Gasteiger partial charge in [-0.2, -0.15) is 4.72 Å². The number of nitrogens with one attached hydrogen (secondary N) is 1. The van der Waals surface area contributed by atoms with Gasteiger partial charge in [0.1, 0.15) is 5.54 Å². The lowest BCUT2D eigenvalue weighted by atomic mass is 9.95. The minimum Gasteiger partial charge on any atom is -0.480 e. The number of hydrogen-bond acceptors (Lipinski definition) is 4. The van der Waals surface area contributed by atoms with Gasteiger partial charge in [0.05, 0.1) is 4.90 Å². The van der Waals surface area contributed by atoms with Crippen LogP contribution in [0.3, 0.4) is 0 Å². The van der Waals surface area contributed by atoms with Gasteiger partial charge < -0.3 is 5.11 Å². The lowest BCUT2D eigenvalue weighted by molar-refractivity contribution is -0.144. The monoisotopic (exact) mass is 305 g/mol. The molecule has 0 unspecified atom stereocenters. The highest BCUT2D eigenvalue weighted by Crippen LogP contribution is 2.27. The Kier molecular flexibility index (Phi) is 4.76. The molecule has 0 aliphatic rings. The van der Waals surface area contributed by atoms with Crippen molar-refractivity contribution in [3.8, 4) is 0 Å². The highest BCUT2D eigenvalue weighted by Gasteiger charge is 2.39. The van der Waals surface area contributed by atoms with Crippen LogP contribution in [0.1, 0.15) is 36.4 Å². The first-order chi connectivity index (χ1) is 8.68. The third-order valence-electron chi connectivity index (χ3n) is 3.23. The van der Waals surface area contributed by atoms with Gasteiger partial charge in [0.2, 0.25) is 10.0 Å². The number of thiophene rings is 1. The van der Waals surface area contributed by atoms with Crippen LogP contribution in [0.15, 0.2) is 11.0 Å². The molecular weight excluding hydrogens is 286 g/mol. The molecule has 19 heavy (non-hydrogen) atoms. The highest BCUT2D eigenvalue weighted by molar-refractivity contribution is 7.89. The molecule has 0 aliphatic heterocycles. The summed E-state index contributed by atoms with van der Waals surface area (Å²) >= 11 is 1.38. The molecule has 0 atom stereocenters. The van der Waals surface area contributed by atoms with Crippen LogP contribution in [0.25, 0.3) is 0 Å². The molecule has 0 saturated carbocycles. The van der Waals surface area contributed by atoms with Crippen LogP contribution in [0.2, 0.25) is 0 Å². The molecule has 0 amide bonds. The number of carboxylic acid groups (broad SMARTS) is 1. The minimum atomic E-state index is -3.82. The summed E-state index contributed by atoms with van der Waals surface area (Å²) in [5.41, 5.74) is -1.44. The van der Waals surface area contributed by atoms with E-state index in [9.17, 15) is 18.3 Å². The van der Waals surface area contributed by atoms with Crippen molar-refractivity contribution >= 4 is 27.3 Å².